The molecule has 2 aliphatic rings. The van der Waals surface area contributed by atoms with Crippen LogP contribution < -0.4 is 9.47 Å². The molecule has 210 valence electrons. The van der Waals surface area contributed by atoms with Gasteiger partial charge >= 0.3 is 5.97 Å². The second-order valence-electron chi connectivity index (χ2n) is 9.40. The molecule has 4 aromatic carbocycles. The summed E-state index contributed by atoms with van der Waals surface area (Å²) < 4.78 is 27.0. The Balaban J connectivity index is 0.000000302. The monoisotopic (exact) mass is 706 g/mol. The summed E-state index contributed by atoms with van der Waals surface area (Å²) in [5.41, 5.74) is 4.71. The molecule has 42 heavy (non-hydrogen) atoms. The van der Waals surface area contributed by atoms with Crippen LogP contribution in [0, 0.1) is 0 Å². The number of ether oxygens (including phenoxy) is 3. The van der Waals surface area contributed by atoms with Crippen molar-refractivity contribution in [2.45, 2.75) is 12.2 Å². The smallest absolute Gasteiger partial charge is 0.342 e. The number of hydrogen-bond donors (Lipinski definition) is 1. The summed E-state index contributed by atoms with van der Waals surface area (Å²) in [5.74, 6) is -1.41. The molecule has 1 unspecified atom stereocenters. The molecule has 1 atom stereocenters. The van der Waals surface area contributed by atoms with Crippen LogP contribution in [0.4, 0.5) is 0 Å². The molecule has 0 spiro atoms. The van der Waals surface area contributed by atoms with E-state index in [9.17, 15) is 14.7 Å². The highest BCUT2D eigenvalue weighted by atomic mass is 79.9. The average Bonchev–Trinajstić information content (AvgIpc) is 3.72. The van der Waals surface area contributed by atoms with Gasteiger partial charge in [-0.3, -0.25) is 4.79 Å². The number of fused-ring (bicyclic) bond motifs is 2. The first-order valence-electron chi connectivity index (χ1n) is 12.6. The number of cyclic esters (lactones) is 1. The van der Waals surface area contributed by atoms with Crippen LogP contribution in [-0.4, -0.2) is 32.9 Å². The van der Waals surface area contributed by atoms with Crippen LogP contribution in [0.1, 0.15) is 27.0 Å². The molecule has 0 saturated carbocycles. The zero-order valence-electron chi connectivity index (χ0n) is 21.6. The Morgan fingerprint density at radius 3 is 2.29 bits per heavy atom. The highest BCUT2D eigenvalue weighted by Gasteiger charge is 2.48. The van der Waals surface area contributed by atoms with E-state index in [2.05, 4.69) is 40.6 Å². The summed E-state index contributed by atoms with van der Waals surface area (Å²) in [5, 5.41) is 11.8. The highest BCUT2D eigenvalue weighted by molar-refractivity contribution is 9.10. The molecule has 1 N–H and O–H groups in total. The Bertz CT molecular complexity index is 1840. The predicted octanol–water partition coefficient (Wildman–Crippen LogP) is 6.84. The van der Waals surface area contributed by atoms with Crippen molar-refractivity contribution in [3.63, 3.8) is 0 Å². The van der Waals surface area contributed by atoms with E-state index in [-0.39, 0.29) is 6.79 Å². The van der Waals surface area contributed by atoms with Crippen molar-refractivity contribution in [1.29, 1.82) is 0 Å². The molecule has 1 aromatic heterocycles. The molecule has 8 nitrogen and oxygen atoms in total. The van der Waals surface area contributed by atoms with Crippen molar-refractivity contribution in [3.05, 3.63) is 122 Å². The molecule has 0 radical (unpaired) electrons. The van der Waals surface area contributed by atoms with Crippen molar-refractivity contribution in [3.8, 4) is 11.5 Å². The van der Waals surface area contributed by atoms with Crippen LogP contribution in [0.25, 0.3) is 16.6 Å². The van der Waals surface area contributed by atoms with Crippen molar-refractivity contribution >= 4 is 72.5 Å². The topological polar surface area (TPSA) is 108 Å². The van der Waals surface area contributed by atoms with Gasteiger partial charge in [-0.15, -0.1) is 0 Å². The molecule has 2 aliphatic heterocycles. The Hall–Kier alpha value is -3.90. The fourth-order valence-electron chi connectivity index (χ4n) is 4.67. The summed E-state index contributed by atoms with van der Waals surface area (Å²) in [7, 11) is 0. The van der Waals surface area contributed by atoms with E-state index in [1.807, 2.05) is 36.4 Å². The molecule has 7 rings (SSSR count). The van der Waals surface area contributed by atoms with E-state index in [4.69, 9.17) is 14.2 Å². The lowest BCUT2D eigenvalue weighted by Crippen LogP contribution is -2.29. The van der Waals surface area contributed by atoms with Crippen molar-refractivity contribution in [2.24, 2.45) is 0 Å². The van der Waals surface area contributed by atoms with Crippen molar-refractivity contribution in [1.82, 2.24) is 8.75 Å². The van der Waals surface area contributed by atoms with Gasteiger partial charge in [0.1, 0.15) is 17.3 Å². The first-order chi connectivity index (χ1) is 20.3. The second-order valence-corrected chi connectivity index (χ2v) is 11.8. The number of aliphatic hydroxyl groups is 1. The van der Waals surface area contributed by atoms with E-state index in [0.29, 0.717) is 56.8 Å². The summed E-state index contributed by atoms with van der Waals surface area (Å²) in [6.45, 7) is 0.125. The number of carbonyl (C=O) groups excluding carboxylic acids is 2. The lowest BCUT2D eigenvalue weighted by Gasteiger charge is -2.25. The van der Waals surface area contributed by atoms with E-state index in [1.54, 1.807) is 48.5 Å². The van der Waals surface area contributed by atoms with Gasteiger partial charge in [-0.05, 0) is 65.7 Å². The molecule has 0 saturated heterocycles. The van der Waals surface area contributed by atoms with E-state index >= 15 is 0 Å². The van der Waals surface area contributed by atoms with E-state index < -0.39 is 11.8 Å². The quantitative estimate of drug-likeness (QED) is 0.156. The molecule has 0 bridgehead atoms. The summed E-state index contributed by atoms with van der Waals surface area (Å²) in [4.78, 5) is 23.3. The van der Waals surface area contributed by atoms with Gasteiger partial charge in [0.05, 0.1) is 17.3 Å². The van der Waals surface area contributed by atoms with Gasteiger partial charge in [-0.2, -0.15) is 8.75 Å². The first kappa shape index (κ1) is 28.2. The number of aldehydes is 1. The normalized spacial score (nSPS) is 17.2. The zero-order valence-corrected chi connectivity index (χ0v) is 25.6. The van der Waals surface area contributed by atoms with Gasteiger partial charge < -0.3 is 19.3 Å². The molecule has 0 fully saturated rings. The SMILES string of the molecule is O=C1OC(O)(c2ccc3nsnc3c2)C(Cc2ccc(Br)cc2)=C1c1ccc2c(c1)OCO2.O=Cc1ccc(Br)cc1. The van der Waals surface area contributed by atoms with Gasteiger partial charge in [0, 0.05) is 32.1 Å². The van der Waals surface area contributed by atoms with Gasteiger partial charge in [0.2, 0.25) is 6.79 Å². The Kier molecular flexibility index (Phi) is 7.91. The predicted molar refractivity (Wildman–Crippen MR) is 164 cm³/mol. The van der Waals surface area contributed by atoms with Crippen molar-refractivity contribution < 1.29 is 28.9 Å². The number of nitrogens with zero attached hydrogens (tertiary/aromatic N) is 2. The molecule has 3 heterocycles. The maximum atomic E-state index is 13.2. The van der Waals surface area contributed by atoms with Crippen LogP contribution in [0.2, 0.25) is 0 Å². The third kappa shape index (κ3) is 5.60. The van der Waals surface area contributed by atoms with Crippen LogP contribution in [-0.2, 0) is 21.7 Å². The van der Waals surface area contributed by atoms with E-state index in [1.165, 1.54) is 0 Å². The maximum Gasteiger partial charge on any atom is 0.342 e. The molecule has 0 amide bonds. The number of halogens is 2. The van der Waals surface area contributed by atoms with Crippen LogP contribution in [0.15, 0.2) is 99.4 Å². The summed E-state index contributed by atoms with van der Waals surface area (Å²) in [6, 6.07) is 25.3. The van der Waals surface area contributed by atoms with E-state index in [0.717, 1.165) is 32.5 Å². The van der Waals surface area contributed by atoms with Gasteiger partial charge in [0.25, 0.3) is 5.79 Å². The van der Waals surface area contributed by atoms with Crippen LogP contribution in [0.5, 0.6) is 11.5 Å². The number of aromatic nitrogens is 2. The number of rotatable bonds is 5. The van der Waals surface area contributed by atoms with Crippen molar-refractivity contribution in [2.75, 3.05) is 6.79 Å². The van der Waals surface area contributed by atoms with Gasteiger partial charge in [0.15, 0.2) is 11.5 Å². The molecule has 5 aromatic rings. The molecular formula is C31H20Br2N2O6S. The lowest BCUT2D eigenvalue weighted by molar-refractivity contribution is -0.185. The minimum Gasteiger partial charge on any atom is -0.454 e. The fourth-order valence-corrected chi connectivity index (χ4v) is 5.71. The minimum atomic E-state index is -1.95. The average molecular weight is 708 g/mol. The van der Waals surface area contributed by atoms with Gasteiger partial charge in [-0.1, -0.05) is 62.2 Å². The number of hydrogen-bond acceptors (Lipinski definition) is 9. The molecular weight excluding hydrogens is 688 g/mol. The first-order valence-corrected chi connectivity index (χ1v) is 14.9. The highest BCUT2D eigenvalue weighted by Crippen LogP contribution is 2.46. The maximum absolute atomic E-state index is 13.2. The number of benzene rings is 4. The van der Waals surface area contributed by atoms with Crippen LogP contribution in [0.3, 0.4) is 0 Å². The number of esters is 1. The Morgan fingerprint density at radius 2 is 1.55 bits per heavy atom. The zero-order chi connectivity index (χ0) is 29.3. The third-order valence-electron chi connectivity index (χ3n) is 6.76. The third-order valence-corrected chi connectivity index (χ3v) is 8.38. The largest absolute Gasteiger partial charge is 0.454 e. The van der Waals surface area contributed by atoms with Gasteiger partial charge in [-0.25, -0.2) is 4.79 Å². The Morgan fingerprint density at radius 1 is 0.857 bits per heavy atom. The second kappa shape index (κ2) is 11.8. The molecule has 11 heteroatoms. The summed E-state index contributed by atoms with van der Waals surface area (Å²) >= 11 is 7.79. The number of carbonyl (C=O) groups is 2. The standard InChI is InChI=1S/C24H15BrN2O5S.C7H5BrO/c25-16-5-1-13(2-6-16)9-17-22(14-3-8-20-21(10-14)31-12-30-20)23(28)32-24(17,29)15-4-7-18-19(11-15)27-33-26-18;8-7-3-1-6(5-9)2-4-7/h1-8,10-11,29H,9,12H2;1-5H. The fraction of sp³-hybridized carbons (Fsp3) is 0.0968. The van der Waals surface area contributed by atoms with Crippen LogP contribution >= 0.6 is 43.6 Å². The minimum absolute atomic E-state index is 0.125. The summed E-state index contributed by atoms with van der Waals surface area (Å²) in [6.07, 6.45) is 1.12. The lowest BCUT2D eigenvalue weighted by atomic mass is 9.88. The molecule has 0 aliphatic carbocycles. The Labute approximate surface area is 261 Å².